The summed E-state index contributed by atoms with van der Waals surface area (Å²) in [7, 11) is -2.97. The number of pyridine rings is 1. The molecule has 1 aromatic rings. The molecule has 1 atom stereocenters. The Morgan fingerprint density at radius 1 is 1.48 bits per heavy atom. The van der Waals surface area contributed by atoms with Crippen molar-refractivity contribution in [1.29, 1.82) is 0 Å². The van der Waals surface area contributed by atoms with E-state index < -0.39 is 9.84 Å². The molecule has 6 nitrogen and oxygen atoms in total. The van der Waals surface area contributed by atoms with Crippen molar-refractivity contribution in [2.24, 2.45) is 0 Å². The van der Waals surface area contributed by atoms with Crippen LogP contribution >= 0.6 is 0 Å². The molecule has 1 N–H and O–H groups in total. The molecular weight excluding hydrogens is 290 g/mol. The van der Waals surface area contributed by atoms with Gasteiger partial charge < -0.3 is 10.2 Å². The number of rotatable bonds is 6. The third-order valence-electron chi connectivity index (χ3n) is 3.62. The molecule has 0 bridgehead atoms. The van der Waals surface area contributed by atoms with Crippen LogP contribution in [0.1, 0.15) is 19.0 Å². The maximum Gasteiger partial charge on any atom is 0.236 e. The van der Waals surface area contributed by atoms with E-state index in [1.54, 1.807) is 11.1 Å². The molecule has 21 heavy (non-hydrogen) atoms. The third kappa shape index (κ3) is 4.50. The fourth-order valence-electron chi connectivity index (χ4n) is 2.56. The van der Waals surface area contributed by atoms with Crippen LogP contribution in [0.2, 0.25) is 0 Å². The number of carbonyl (C=O) groups excluding carboxylic acids is 1. The molecule has 0 aliphatic carbocycles. The Labute approximate surface area is 125 Å². The largest absolute Gasteiger partial charge is 0.338 e. The van der Waals surface area contributed by atoms with Gasteiger partial charge in [0.15, 0.2) is 9.84 Å². The number of likely N-dealkylation sites (N-methyl/N-ethyl adjacent to an activating group) is 1. The van der Waals surface area contributed by atoms with Crippen LogP contribution in [0.25, 0.3) is 0 Å². The zero-order valence-electron chi connectivity index (χ0n) is 12.2. The molecule has 0 aromatic carbocycles. The molecule has 1 saturated heterocycles. The summed E-state index contributed by atoms with van der Waals surface area (Å²) >= 11 is 0. The molecule has 0 spiro atoms. The molecule has 1 aliphatic heterocycles. The minimum Gasteiger partial charge on any atom is -0.338 e. The quantitative estimate of drug-likeness (QED) is 0.812. The van der Waals surface area contributed by atoms with Gasteiger partial charge in [0.1, 0.15) is 0 Å². The van der Waals surface area contributed by atoms with Gasteiger partial charge in [-0.25, -0.2) is 8.42 Å². The smallest absolute Gasteiger partial charge is 0.236 e. The Balaban J connectivity index is 1.83. The van der Waals surface area contributed by atoms with Gasteiger partial charge in [0.2, 0.25) is 5.91 Å². The van der Waals surface area contributed by atoms with Crippen molar-refractivity contribution in [3.63, 3.8) is 0 Å². The standard InChI is InChI=1S/C14H21N3O3S/c1-2-17(13-6-8-21(19,20)11-13)14(18)10-15-9-12-5-3-4-7-16-12/h3-5,7,13,15H,2,6,8-11H2,1H3. The fraction of sp³-hybridized carbons (Fsp3) is 0.571. The van der Waals surface area contributed by atoms with Gasteiger partial charge in [-0.15, -0.1) is 0 Å². The van der Waals surface area contributed by atoms with E-state index in [1.165, 1.54) is 0 Å². The number of aromatic nitrogens is 1. The second-order valence-electron chi connectivity index (χ2n) is 5.16. The molecule has 0 radical (unpaired) electrons. The maximum absolute atomic E-state index is 12.2. The van der Waals surface area contributed by atoms with Gasteiger partial charge in [-0.3, -0.25) is 9.78 Å². The summed E-state index contributed by atoms with van der Waals surface area (Å²) in [6.07, 6.45) is 2.25. The lowest BCUT2D eigenvalue weighted by Crippen LogP contribution is -2.45. The first-order chi connectivity index (χ1) is 10.0. The molecule has 1 amide bonds. The average Bonchev–Trinajstić information content (AvgIpc) is 2.81. The van der Waals surface area contributed by atoms with Crippen molar-refractivity contribution in [3.8, 4) is 0 Å². The first-order valence-electron chi connectivity index (χ1n) is 7.12. The predicted octanol–water partition coefficient (Wildman–Crippen LogP) is 0.207. The van der Waals surface area contributed by atoms with Crippen molar-refractivity contribution in [1.82, 2.24) is 15.2 Å². The van der Waals surface area contributed by atoms with Gasteiger partial charge in [0.25, 0.3) is 0 Å². The van der Waals surface area contributed by atoms with Crippen LogP contribution in [-0.2, 0) is 21.2 Å². The van der Waals surface area contributed by atoms with E-state index in [0.29, 0.717) is 19.5 Å². The van der Waals surface area contributed by atoms with Crippen molar-refractivity contribution >= 4 is 15.7 Å². The van der Waals surface area contributed by atoms with Gasteiger partial charge in [-0.2, -0.15) is 0 Å². The Morgan fingerprint density at radius 2 is 2.29 bits per heavy atom. The maximum atomic E-state index is 12.2. The minimum absolute atomic E-state index is 0.0597. The van der Waals surface area contributed by atoms with E-state index in [4.69, 9.17) is 0 Å². The van der Waals surface area contributed by atoms with Crippen LogP contribution in [0.4, 0.5) is 0 Å². The Morgan fingerprint density at radius 3 is 2.86 bits per heavy atom. The average molecular weight is 311 g/mol. The summed E-state index contributed by atoms with van der Waals surface area (Å²) < 4.78 is 23.0. The number of nitrogens with zero attached hydrogens (tertiary/aromatic N) is 2. The number of nitrogens with one attached hydrogen (secondary N) is 1. The number of amides is 1. The van der Waals surface area contributed by atoms with E-state index in [2.05, 4.69) is 10.3 Å². The molecule has 0 saturated carbocycles. The summed E-state index contributed by atoms with van der Waals surface area (Å²) in [5.74, 6) is 0.214. The Hall–Kier alpha value is -1.47. The first-order valence-corrected chi connectivity index (χ1v) is 8.94. The van der Waals surface area contributed by atoms with Crippen molar-refractivity contribution in [2.75, 3.05) is 24.6 Å². The van der Waals surface area contributed by atoms with Crippen LogP contribution in [0, 0.1) is 0 Å². The number of carbonyl (C=O) groups is 1. The highest BCUT2D eigenvalue weighted by Gasteiger charge is 2.33. The number of hydrogen-bond acceptors (Lipinski definition) is 5. The normalized spacial score (nSPS) is 20.3. The number of hydrogen-bond donors (Lipinski definition) is 1. The topological polar surface area (TPSA) is 79.4 Å². The molecule has 116 valence electrons. The lowest BCUT2D eigenvalue weighted by Gasteiger charge is -2.27. The highest BCUT2D eigenvalue weighted by Crippen LogP contribution is 2.17. The summed E-state index contributed by atoms with van der Waals surface area (Å²) in [6.45, 7) is 3.12. The molecule has 2 heterocycles. The van der Waals surface area contributed by atoms with E-state index >= 15 is 0 Å². The summed E-state index contributed by atoms with van der Waals surface area (Å²) in [5.41, 5.74) is 0.872. The molecule has 7 heteroatoms. The third-order valence-corrected chi connectivity index (χ3v) is 5.37. The van der Waals surface area contributed by atoms with Crippen LogP contribution < -0.4 is 5.32 Å². The zero-order valence-corrected chi connectivity index (χ0v) is 13.0. The van der Waals surface area contributed by atoms with Crippen molar-refractivity contribution in [2.45, 2.75) is 25.9 Å². The Kier molecular flexibility index (Phi) is 5.30. The summed E-state index contributed by atoms with van der Waals surface area (Å²) in [5, 5.41) is 3.06. The van der Waals surface area contributed by atoms with Crippen LogP contribution in [0.5, 0.6) is 0 Å². The lowest BCUT2D eigenvalue weighted by molar-refractivity contribution is -0.131. The van der Waals surface area contributed by atoms with Gasteiger partial charge in [0, 0.05) is 25.3 Å². The molecule has 1 unspecified atom stereocenters. The van der Waals surface area contributed by atoms with Gasteiger partial charge in [-0.05, 0) is 25.5 Å². The second-order valence-corrected chi connectivity index (χ2v) is 7.39. The van der Waals surface area contributed by atoms with Crippen LogP contribution in [0.3, 0.4) is 0 Å². The predicted molar refractivity (Wildman–Crippen MR) is 80.4 cm³/mol. The molecule has 2 rings (SSSR count). The lowest BCUT2D eigenvalue weighted by atomic mass is 10.2. The molecule has 1 aromatic heterocycles. The van der Waals surface area contributed by atoms with E-state index in [9.17, 15) is 13.2 Å². The fourth-order valence-corrected chi connectivity index (χ4v) is 4.29. The summed E-state index contributed by atoms with van der Waals surface area (Å²) in [4.78, 5) is 18.0. The van der Waals surface area contributed by atoms with Gasteiger partial charge in [0.05, 0.1) is 23.7 Å². The van der Waals surface area contributed by atoms with Crippen LogP contribution in [0.15, 0.2) is 24.4 Å². The minimum atomic E-state index is -2.97. The van der Waals surface area contributed by atoms with E-state index in [-0.39, 0.29) is 30.0 Å². The highest BCUT2D eigenvalue weighted by molar-refractivity contribution is 7.91. The van der Waals surface area contributed by atoms with E-state index in [0.717, 1.165) is 5.69 Å². The van der Waals surface area contributed by atoms with Gasteiger partial charge in [-0.1, -0.05) is 6.07 Å². The number of sulfone groups is 1. The SMILES string of the molecule is CCN(C(=O)CNCc1ccccn1)C1CCS(=O)(=O)C1. The monoisotopic (exact) mass is 311 g/mol. The molecule has 1 aliphatic rings. The molecular formula is C14H21N3O3S. The first kappa shape index (κ1) is 15.9. The molecule has 1 fully saturated rings. The Bertz CT molecular complexity index is 574. The summed E-state index contributed by atoms with van der Waals surface area (Å²) in [6, 6.07) is 5.45. The van der Waals surface area contributed by atoms with E-state index in [1.807, 2.05) is 25.1 Å². The van der Waals surface area contributed by atoms with Crippen LogP contribution in [-0.4, -0.2) is 54.8 Å². The second kappa shape index (κ2) is 7.00. The van der Waals surface area contributed by atoms with Gasteiger partial charge >= 0.3 is 0 Å². The van der Waals surface area contributed by atoms with Crippen molar-refractivity contribution < 1.29 is 13.2 Å². The highest BCUT2D eigenvalue weighted by atomic mass is 32.2. The zero-order chi connectivity index (χ0) is 15.3. The van der Waals surface area contributed by atoms with Crippen molar-refractivity contribution in [3.05, 3.63) is 30.1 Å².